The van der Waals surface area contributed by atoms with Crippen LogP contribution in [0.5, 0.6) is 0 Å². The zero-order valence-electron chi connectivity index (χ0n) is 8.18. The maximum Gasteiger partial charge on any atom is 0.113 e. The molecule has 0 N–H and O–H groups in total. The molecular weight excluding hydrogens is 200 g/mol. The van der Waals surface area contributed by atoms with Gasteiger partial charge in [0.15, 0.2) is 0 Å². The summed E-state index contributed by atoms with van der Waals surface area (Å²) in [7, 11) is 0. The molecule has 0 fully saturated rings. The second-order valence-corrected chi connectivity index (χ2v) is 3.03. The lowest BCUT2D eigenvalue weighted by Gasteiger charge is -2.02. The molecule has 73 valence electrons. The smallest absolute Gasteiger partial charge is 0.113 e. The summed E-state index contributed by atoms with van der Waals surface area (Å²) < 4.78 is 0. The highest BCUT2D eigenvalue weighted by Gasteiger charge is 2.07. The summed E-state index contributed by atoms with van der Waals surface area (Å²) >= 11 is 0. The van der Waals surface area contributed by atoms with Crippen molar-refractivity contribution in [3.63, 3.8) is 0 Å². The summed E-state index contributed by atoms with van der Waals surface area (Å²) in [5, 5.41) is 25.2. The van der Waals surface area contributed by atoms with Gasteiger partial charge in [0.1, 0.15) is 6.20 Å². The van der Waals surface area contributed by atoms with Crippen molar-refractivity contribution in [2.24, 2.45) is 0 Å². The average Bonchev–Trinajstić information content (AvgIpc) is 2.39. The van der Waals surface area contributed by atoms with E-state index in [1.165, 1.54) is 0 Å². The van der Waals surface area contributed by atoms with Crippen LogP contribution in [-0.4, -0.2) is 10.2 Å². The lowest BCUT2D eigenvalue weighted by atomic mass is 10.0. The SMILES string of the molecule is N#Cc1ccc(C#N)c(-c2cc[c]nn2)c1. The Balaban J connectivity index is 2.65. The Labute approximate surface area is 92.4 Å². The van der Waals surface area contributed by atoms with Gasteiger partial charge in [-0.15, -0.1) is 10.2 Å². The van der Waals surface area contributed by atoms with E-state index in [0.717, 1.165) is 0 Å². The van der Waals surface area contributed by atoms with E-state index in [0.29, 0.717) is 22.4 Å². The van der Waals surface area contributed by atoms with E-state index >= 15 is 0 Å². The number of benzene rings is 1. The van der Waals surface area contributed by atoms with Gasteiger partial charge >= 0.3 is 0 Å². The molecule has 4 nitrogen and oxygen atoms in total. The van der Waals surface area contributed by atoms with E-state index in [-0.39, 0.29) is 0 Å². The first-order valence-corrected chi connectivity index (χ1v) is 4.49. The largest absolute Gasteiger partial charge is 0.192 e. The first kappa shape index (κ1) is 9.82. The van der Waals surface area contributed by atoms with Crippen LogP contribution in [0.1, 0.15) is 11.1 Å². The van der Waals surface area contributed by atoms with Gasteiger partial charge in [0, 0.05) is 5.56 Å². The molecule has 16 heavy (non-hydrogen) atoms. The van der Waals surface area contributed by atoms with Crippen LogP contribution >= 0.6 is 0 Å². The fourth-order valence-corrected chi connectivity index (χ4v) is 1.33. The van der Waals surface area contributed by atoms with Crippen LogP contribution in [0.2, 0.25) is 0 Å². The number of nitriles is 2. The van der Waals surface area contributed by atoms with Gasteiger partial charge in [-0.1, -0.05) is 0 Å². The average molecular weight is 205 g/mol. The van der Waals surface area contributed by atoms with Crippen molar-refractivity contribution < 1.29 is 0 Å². The van der Waals surface area contributed by atoms with Crippen LogP contribution in [0, 0.1) is 28.9 Å². The van der Waals surface area contributed by atoms with Gasteiger partial charge in [-0.05, 0) is 30.3 Å². The van der Waals surface area contributed by atoms with Crippen molar-refractivity contribution in [2.45, 2.75) is 0 Å². The van der Waals surface area contributed by atoms with Gasteiger partial charge < -0.3 is 0 Å². The van der Waals surface area contributed by atoms with Gasteiger partial charge in [0.05, 0.1) is 29.0 Å². The molecule has 0 atom stereocenters. The van der Waals surface area contributed by atoms with Gasteiger partial charge in [-0.25, -0.2) is 0 Å². The van der Waals surface area contributed by atoms with Crippen LogP contribution in [0.25, 0.3) is 11.3 Å². The molecule has 0 spiro atoms. The number of nitrogens with zero attached hydrogens (tertiary/aromatic N) is 4. The molecule has 0 unspecified atom stereocenters. The number of rotatable bonds is 1. The molecule has 0 aliphatic heterocycles. The Bertz CT molecular complexity index is 591. The highest BCUT2D eigenvalue weighted by Crippen LogP contribution is 2.21. The van der Waals surface area contributed by atoms with E-state index in [9.17, 15) is 0 Å². The Morgan fingerprint density at radius 3 is 2.62 bits per heavy atom. The quantitative estimate of drug-likeness (QED) is 0.710. The van der Waals surface area contributed by atoms with Crippen LogP contribution in [-0.2, 0) is 0 Å². The third kappa shape index (κ3) is 1.73. The van der Waals surface area contributed by atoms with E-state index in [4.69, 9.17) is 10.5 Å². The molecule has 1 aromatic carbocycles. The standard InChI is InChI=1S/C12H5N4/c13-7-9-3-4-10(8-14)11(6-9)12-2-1-5-15-16-12/h1-4,6H. The van der Waals surface area contributed by atoms with Gasteiger partial charge in [-0.2, -0.15) is 10.5 Å². The number of hydrogen-bond donors (Lipinski definition) is 0. The molecule has 1 heterocycles. The Morgan fingerprint density at radius 2 is 2.00 bits per heavy atom. The Kier molecular flexibility index (Phi) is 2.58. The molecule has 0 aliphatic carbocycles. The minimum Gasteiger partial charge on any atom is -0.192 e. The minimum absolute atomic E-state index is 0.472. The van der Waals surface area contributed by atoms with Crippen molar-refractivity contribution in [1.82, 2.24) is 10.2 Å². The lowest BCUT2D eigenvalue weighted by molar-refractivity contribution is 1.03. The zero-order chi connectivity index (χ0) is 11.4. The second kappa shape index (κ2) is 4.20. The highest BCUT2D eigenvalue weighted by molar-refractivity contribution is 5.68. The molecule has 0 amide bonds. The first-order valence-electron chi connectivity index (χ1n) is 4.49. The van der Waals surface area contributed by atoms with Gasteiger partial charge in [0.2, 0.25) is 0 Å². The molecule has 0 aliphatic rings. The van der Waals surface area contributed by atoms with E-state index in [2.05, 4.69) is 22.5 Å². The monoisotopic (exact) mass is 205 g/mol. The molecule has 1 radical (unpaired) electrons. The van der Waals surface area contributed by atoms with Crippen molar-refractivity contribution in [3.8, 4) is 23.4 Å². The predicted molar refractivity (Wildman–Crippen MR) is 55.7 cm³/mol. The molecule has 2 aromatic rings. The van der Waals surface area contributed by atoms with Gasteiger partial charge in [0.25, 0.3) is 0 Å². The van der Waals surface area contributed by atoms with E-state index in [1.54, 1.807) is 30.3 Å². The molecule has 0 saturated carbocycles. The summed E-state index contributed by atoms with van der Waals surface area (Å²) in [6.07, 6.45) is 2.56. The zero-order valence-corrected chi connectivity index (χ0v) is 8.18. The minimum atomic E-state index is 0.472. The normalized spacial score (nSPS) is 9.12. The Morgan fingerprint density at radius 1 is 1.12 bits per heavy atom. The molecule has 1 aromatic heterocycles. The predicted octanol–water partition coefficient (Wildman–Crippen LogP) is 1.69. The number of aromatic nitrogens is 2. The van der Waals surface area contributed by atoms with Crippen molar-refractivity contribution >= 4 is 0 Å². The third-order valence-corrected chi connectivity index (χ3v) is 2.08. The summed E-state index contributed by atoms with van der Waals surface area (Å²) in [6.45, 7) is 0. The van der Waals surface area contributed by atoms with Crippen LogP contribution in [0.3, 0.4) is 0 Å². The molecule has 2 rings (SSSR count). The van der Waals surface area contributed by atoms with Crippen LogP contribution < -0.4 is 0 Å². The molecule has 0 bridgehead atoms. The van der Waals surface area contributed by atoms with E-state index < -0.39 is 0 Å². The lowest BCUT2D eigenvalue weighted by Crippen LogP contribution is -1.90. The fraction of sp³-hybridized carbons (Fsp3) is 0. The topological polar surface area (TPSA) is 73.4 Å². The third-order valence-electron chi connectivity index (χ3n) is 2.08. The number of hydrogen-bond acceptors (Lipinski definition) is 4. The van der Waals surface area contributed by atoms with Gasteiger partial charge in [-0.3, -0.25) is 0 Å². The molecule has 0 saturated heterocycles. The summed E-state index contributed by atoms with van der Waals surface area (Å²) in [5.41, 5.74) is 2.14. The van der Waals surface area contributed by atoms with E-state index in [1.807, 2.05) is 6.07 Å². The van der Waals surface area contributed by atoms with Crippen molar-refractivity contribution in [1.29, 1.82) is 10.5 Å². The van der Waals surface area contributed by atoms with Crippen LogP contribution in [0.15, 0.2) is 30.3 Å². The van der Waals surface area contributed by atoms with Crippen molar-refractivity contribution in [3.05, 3.63) is 47.7 Å². The summed E-state index contributed by atoms with van der Waals surface area (Å²) in [6, 6.07) is 12.2. The maximum absolute atomic E-state index is 8.95. The van der Waals surface area contributed by atoms with Crippen LogP contribution in [0.4, 0.5) is 0 Å². The molecular formula is C12H5N4. The highest BCUT2D eigenvalue weighted by atomic mass is 15.1. The first-order chi connectivity index (χ1) is 7.85. The Hall–Kier alpha value is -2.72. The fourth-order valence-electron chi connectivity index (χ4n) is 1.33. The maximum atomic E-state index is 8.95. The van der Waals surface area contributed by atoms with Crippen molar-refractivity contribution in [2.75, 3.05) is 0 Å². The summed E-state index contributed by atoms with van der Waals surface area (Å²) in [4.78, 5) is 0. The molecule has 4 heteroatoms. The summed E-state index contributed by atoms with van der Waals surface area (Å²) in [5.74, 6) is 0. The second-order valence-electron chi connectivity index (χ2n) is 3.03.